The van der Waals surface area contributed by atoms with Crippen molar-refractivity contribution in [3.05, 3.63) is 12.2 Å². The zero-order valence-electron chi connectivity index (χ0n) is 8.32. The van der Waals surface area contributed by atoms with Crippen molar-refractivity contribution in [2.75, 3.05) is 0 Å². The number of rotatable bonds is 6. The Morgan fingerprint density at radius 3 is 2.20 bits per heavy atom. The molecule has 0 unspecified atom stereocenters. The molecule has 1 atom stereocenters. The Labute approximate surface area is 86.6 Å². The summed E-state index contributed by atoms with van der Waals surface area (Å²) in [5.74, 6) is -2.95. The lowest BCUT2D eigenvalue weighted by Gasteiger charge is -2.12. The standard InChI is InChI=1S/C9H13NO5/c1-5(2)8(13)10-6(9(14)15)3-4-7(11)12/h6H,1,3-4H2,2H3,(H,10,13)(H,11,12)(H,14,15)/t6-/m0/s1. The molecular formula is C9H13NO5. The van der Waals surface area contributed by atoms with Crippen LogP contribution in [0.5, 0.6) is 0 Å². The third-order valence-electron chi connectivity index (χ3n) is 1.64. The van der Waals surface area contributed by atoms with E-state index in [0.29, 0.717) is 0 Å². The smallest absolute Gasteiger partial charge is 0.326 e. The second kappa shape index (κ2) is 5.79. The van der Waals surface area contributed by atoms with Crippen molar-refractivity contribution in [3.8, 4) is 0 Å². The molecule has 0 aromatic heterocycles. The van der Waals surface area contributed by atoms with Crippen LogP contribution in [0.15, 0.2) is 12.2 Å². The summed E-state index contributed by atoms with van der Waals surface area (Å²) < 4.78 is 0. The summed E-state index contributed by atoms with van der Waals surface area (Å²) in [6, 6.07) is -1.19. The second-order valence-corrected chi connectivity index (χ2v) is 3.08. The lowest BCUT2D eigenvalue weighted by Crippen LogP contribution is -2.41. The summed E-state index contributed by atoms with van der Waals surface area (Å²) in [4.78, 5) is 31.9. The number of aliphatic carboxylic acids is 2. The van der Waals surface area contributed by atoms with Gasteiger partial charge in [0.2, 0.25) is 5.91 Å². The monoisotopic (exact) mass is 215 g/mol. The van der Waals surface area contributed by atoms with Gasteiger partial charge in [0.05, 0.1) is 0 Å². The molecular weight excluding hydrogens is 202 g/mol. The highest BCUT2D eigenvalue weighted by Crippen LogP contribution is 1.99. The summed E-state index contributed by atoms with van der Waals surface area (Å²) in [6.07, 6.45) is -0.461. The maximum atomic E-state index is 11.1. The van der Waals surface area contributed by atoms with Gasteiger partial charge in [-0.2, -0.15) is 0 Å². The van der Waals surface area contributed by atoms with E-state index in [4.69, 9.17) is 10.2 Å². The van der Waals surface area contributed by atoms with Crippen LogP contribution in [0.2, 0.25) is 0 Å². The Morgan fingerprint density at radius 1 is 1.33 bits per heavy atom. The molecule has 0 aliphatic carbocycles. The minimum Gasteiger partial charge on any atom is -0.481 e. The molecule has 0 radical (unpaired) electrons. The number of hydrogen-bond acceptors (Lipinski definition) is 3. The van der Waals surface area contributed by atoms with Crippen LogP contribution in [-0.2, 0) is 14.4 Å². The summed E-state index contributed by atoms with van der Waals surface area (Å²) >= 11 is 0. The van der Waals surface area contributed by atoms with Gasteiger partial charge in [-0.15, -0.1) is 0 Å². The van der Waals surface area contributed by atoms with E-state index in [2.05, 4.69) is 11.9 Å². The van der Waals surface area contributed by atoms with E-state index in [0.717, 1.165) is 0 Å². The molecule has 15 heavy (non-hydrogen) atoms. The van der Waals surface area contributed by atoms with Gasteiger partial charge in [-0.3, -0.25) is 9.59 Å². The minimum atomic E-state index is -1.26. The number of hydrogen-bond donors (Lipinski definition) is 3. The molecule has 0 saturated heterocycles. The number of carbonyl (C=O) groups excluding carboxylic acids is 1. The topological polar surface area (TPSA) is 104 Å². The quantitative estimate of drug-likeness (QED) is 0.541. The molecule has 6 nitrogen and oxygen atoms in total. The number of carboxylic acids is 2. The van der Waals surface area contributed by atoms with E-state index >= 15 is 0 Å². The third-order valence-corrected chi connectivity index (χ3v) is 1.64. The Morgan fingerprint density at radius 2 is 1.87 bits per heavy atom. The van der Waals surface area contributed by atoms with Gasteiger partial charge in [0, 0.05) is 12.0 Å². The van der Waals surface area contributed by atoms with Crippen molar-refractivity contribution in [2.45, 2.75) is 25.8 Å². The summed E-state index contributed by atoms with van der Waals surface area (Å²) in [5, 5.41) is 19.2. The normalized spacial score (nSPS) is 11.5. The largest absolute Gasteiger partial charge is 0.481 e. The van der Waals surface area contributed by atoms with Gasteiger partial charge in [0.15, 0.2) is 0 Å². The van der Waals surface area contributed by atoms with Crippen molar-refractivity contribution >= 4 is 17.8 Å². The fourth-order valence-electron chi connectivity index (χ4n) is 0.807. The van der Waals surface area contributed by atoms with E-state index in [1.807, 2.05) is 0 Å². The molecule has 0 aromatic carbocycles. The van der Waals surface area contributed by atoms with Crippen molar-refractivity contribution < 1.29 is 24.6 Å². The summed E-state index contributed by atoms with van der Waals surface area (Å²) in [6.45, 7) is 4.78. The minimum absolute atomic E-state index is 0.149. The number of amides is 1. The molecule has 0 bridgehead atoms. The molecule has 0 spiro atoms. The van der Waals surface area contributed by atoms with E-state index in [9.17, 15) is 14.4 Å². The molecule has 0 heterocycles. The summed E-state index contributed by atoms with van der Waals surface area (Å²) in [5.41, 5.74) is 0.177. The zero-order valence-corrected chi connectivity index (χ0v) is 8.32. The predicted octanol–water partition coefficient (Wildman–Crippen LogP) is -0.00330. The Kier molecular flexibility index (Phi) is 5.08. The highest BCUT2D eigenvalue weighted by molar-refractivity contribution is 5.94. The molecule has 84 valence electrons. The fraction of sp³-hybridized carbons (Fsp3) is 0.444. The van der Waals surface area contributed by atoms with Crippen LogP contribution in [0.3, 0.4) is 0 Å². The first kappa shape index (κ1) is 13.2. The molecule has 0 rings (SSSR count). The van der Waals surface area contributed by atoms with E-state index < -0.39 is 23.9 Å². The average Bonchev–Trinajstić information content (AvgIpc) is 2.10. The SMILES string of the molecule is C=C(C)C(=O)N[C@@H](CCC(=O)O)C(=O)O. The highest BCUT2D eigenvalue weighted by Gasteiger charge is 2.20. The van der Waals surface area contributed by atoms with E-state index in [1.54, 1.807) is 0 Å². The Hall–Kier alpha value is -1.85. The van der Waals surface area contributed by atoms with Crippen molar-refractivity contribution in [1.82, 2.24) is 5.32 Å². The van der Waals surface area contributed by atoms with Crippen LogP contribution in [0, 0.1) is 0 Å². The van der Waals surface area contributed by atoms with Crippen molar-refractivity contribution in [1.29, 1.82) is 0 Å². The first-order chi connectivity index (χ1) is 6.84. The molecule has 6 heteroatoms. The molecule has 1 amide bonds. The maximum absolute atomic E-state index is 11.1. The molecule has 0 saturated carbocycles. The molecule has 0 aromatic rings. The number of carboxylic acid groups (broad SMARTS) is 2. The lowest BCUT2D eigenvalue weighted by molar-refractivity contribution is -0.142. The summed E-state index contributed by atoms with van der Waals surface area (Å²) in [7, 11) is 0. The van der Waals surface area contributed by atoms with Gasteiger partial charge >= 0.3 is 11.9 Å². The first-order valence-corrected chi connectivity index (χ1v) is 4.25. The predicted molar refractivity (Wildman–Crippen MR) is 51.3 cm³/mol. The van der Waals surface area contributed by atoms with Crippen LogP contribution in [0.4, 0.5) is 0 Å². The maximum Gasteiger partial charge on any atom is 0.326 e. The molecule has 3 N–H and O–H groups in total. The van der Waals surface area contributed by atoms with E-state index in [-0.39, 0.29) is 18.4 Å². The first-order valence-electron chi connectivity index (χ1n) is 4.25. The van der Waals surface area contributed by atoms with Crippen LogP contribution in [-0.4, -0.2) is 34.1 Å². The van der Waals surface area contributed by atoms with Crippen LogP contribution >= 0.6 is 0 Å². The molecule has 0 aliphatic heterocycles. The third kappa shape index (κ3) is 5.45. The van der Waals surface area contributed by atoms with Crippen LogP contribution < -0.4 is 5.32 Å². The van der Waals surface area contributed by atoms with Gasteiger partial charge in [-0.1, -0.05) is 6.58 Å². The highest BCUT2D eigenvalue weighted by atomic mass is 16.4. The van der Waals surface area contributed by atoms with Gasteiger partial charge in [0.25, 0.3) is 0 Å². The van der Waals surface area contributed by atoms with Gasteiger partial charge < -0.3 is 15.5 Å². The van der Waals surface area contributed by atoms with Crippen molar-refractivity contribution in [2.24, 2.45) is 0 Å². The molecule has 0 fully saturated rings. The van der Waals surface area contributed by atoms with Crippen LogP contribution in [0.25, 0.3) is 0 Å². The van der Waals surface area contributed by atoms with Gasteiger partial charge in [-0.05, 0) is 13.3 Å². The zero-order chi connectivity index (χ0) is 12.0. The Balaban J connectivity index is 4.28. The average molecular weight is 215 g/mol. The number of nitrogens with one attached hydrogen (secondary N) is 1. The second-order valence-electron chi connectivity index (χ2n) is 3.08. The van der Waals surface area contributed by atoms with Crippen molar-refractivity contribution in [3.63, 3.8) is 0 Å². The fourth-order valence-corrected chi connectivity index (χ4v) is 0.807. The van der Waals surface area contributed by atoms with Gasteiger partial charge in [-0.25, -0.2) is 4.79 Å². The van der Waals surface area contributed by atoms with Crippen LogP contribution in [0.1, 0.15) is 19.8 Å². The Bertz CT molecular complexity index is 297. The van der Waals surface area contributed by atoms with E-state index in [1.165, 1.54) is 6.92 Å². The van der Waals surface area contributed by atoms with Gasteiger partial charge in [0.1, 0.15) is 6.04 Å². The molecule has 0 aliphatic rings. The lowest BCUT2D eigenvalue weighted by atomic mass is 10.1. The number of carbonyl (C=O) groups is 3.